The Kier molecular flexibility index (Phi) is 4.87. The van der Waals surface area contributed by atoms with Crippen LogP contribution in [0.3, 0.4) is 0 Å². The molecule has 7 nitrogen and oxygen atoms in total. The van der Waals surface area contributed by atoms with E-state index in [0.29, 0.717) is 18.4 Å². The zero-order chi connectivity index (χ0) is 16.1. The van der Waals surface area contributed by atoms with Crippen LogP contribution in [-0.2, 0) is 9.53 Å². The maximum absolute atomic E-state index is 11.3. The number of nitrogens with zero attached hydrogens (tertiary/aromatic N) is 3. The predicted octanol–water partition coefficient (Wildman–Crippen LogP) is 1.79. The minimum atomic E-state index is -0.177. The van der Waals surface area contributed by atoms with Gasteiger partial charge in [-0.3, -0.25) is 9.69 Å². The lowest BCUT2D eigenvalue weighted by atomic mass is 10.0. The molecule has 1 aliphatic rings. The number of hydrogen-bond acceptors (Lipinski definition) is 7. The number of rotatable bonds is 5. The van der Waals surface area contributed by atoms with Crippen LogP contribution in [0.5, 0.6) is 0 Å². The smallest absolute Gasteiger partial charge is 0.319 e. The van der Waals surface area contributed by atoms with Crippen LogP contribution in [0, 0.1) is 0 Å². The molecule has 1 aromatic carbocycles. The average Bonchev–Trinajstić information content (AvgIpc) is 3.11. The Morgan fingerprint density at radius 2 is 2.26 bits per heavy atom. The number of anilines is 1. The molecule has 23 heavy (non-hydrogen) atoms. The highest BCUT2D eigenvalue weighted by molar-refractivity contribution is 5.71. The van der Waals surface area contributed by atoms with E-state index < -0.39 is 0 Å². The summed E-state index contributed by atoms with van der Waals surface area (Å²) in [4.78, 5) is 17.5. The highest BCUT2D eigenvalue weighted by atomic mass is 16.5. The third kappa shape index (κ3) is 4.07. The maximum atomic E-state index is 11.3. The van der Waals surface area contributed by atoms with E-state index >= 15 is 0 Å². The minimum absolute atomic E-state index is 0.177. The quantitative estimate of drug-likeness (QED) is 0.842. The molecule has 0 spiro atoms. The molecule has 0 saturated carbocycles. The van der Waals surface area contributed by atoms with Gasteiger partial charge in [0.1, 0.15) is 0 Å². The molecule has 0 bridgehead atoms. The van der Waals surface area contributed by atoms with Gasteiger partial charge in [0.15, 0.2) is 0 Å². The lowest BCUT2D eigenvalue weighted by molar-refractivity contribution is -0.142. The zero-order valence-corrected chi connectivity index (χ0v) is 13.1. The monoisotopic (exact) mass is 316 g/mol. The van der Waals surface area contributed by atoms with E-state index in [-0.39, 0.29) is 5.97 Å². The van der Waals surface area contributed by atoms with E-state index in [4.69, 9.17) is 9.26 Å². The molecule has 1 aromatic heterocycles. The number of carbonyl (C=O) groups excluding carboxylic acids is 1. The molecule has 0 unspecified atom stereocenters. The van der Waals surface area contributed by atoms with Gasteiger partial charge in [-0.1, -0.05) is 17.3 Å². The standard InChI is InChI=1S/C16H20N4O3/c1-22-15(21)10-20-7-5-13(6-8-20)18-14-4-2-3-12(9-14)16-17-11-23-19-16/h2-4,9,11,13,18H,5-8,10H2,1H3. The number of methoxy groups -OCH3 is 1. The van der Waals surface area contributed by atoms with Crippen LogP contribution in [0.25, 0.3) is 11.4 Å². The number of esters is 1. The molecular formula is C16H20N4O3. The van der Waals surface area contributed by atoms with Crippen LogP contribution in [0.1, 0.15) is 12.8 Å². The second-order valence-corrected chi connectivity index (χ2v) is 5.61. The van der Waals surface area contributed by atoms with Crippen LogP contribution in [0.2, 0.25) is 0 Å². The number of benzene rings is 1. The number of carbonyl (C=O) groups is 1. The van der Waals surface area contributed by atoms with Gasteiger partial charge in [0.05, 0.1) is 13.7 Å². The van der Waals surface area contributed by atoms with Gasteiger partial charge < -0.3 is 14.6 Å². The van der Waals surface area contributed by atoms with E-state index in [0.717, 1.165) is 37.2 Å². The number of aromatic nitrogens is 2. The lowest BCUT2D eigenvalue weighted by Crippen LogP contribution is -2.41. The van der Waals surface area contributed by atoms with Crippen molar-refractivity contribution in [2.24, 2.45) is 0 Å². The summed E-state index contributed by atoms with van der Waals surface area (Å²) in [6.45, 7) is 2.14. The van der Waals surface area contributed by atoms with Gasteiger partial charge in [-0.25, -0.2) is 0 Å². The molecule has 0 amide bonds. The Bertz CT molecular complexity index is 637. The Morgan fingerprint density at radius 3 is 2.96 bits per heavy atom. The summed E-state index contributed by atoms with van der Waals surface area (Å²) in [7, 11) is 1.42. The second-order valence-electron chi connectivity index (χ2n) is 5.61. The number of hydrogen-bond donors (Lipinski definition) is 1. The van der Waals surface area contributed by atoms with Crippen molar-refractivity contribution in [2.45, 2.75) is 18.9 Å². The maximum Gasteiger partial charge on any atom is 0.319 e. The summed E-state index contributed by atoms with van der Waals surface area (Å²) in [6.07, 6.45) is 3.30. The van der Waals surface area contributed by atoms with E-state index in [1.165, 1.54) is 13.5 Å². The molecule has 2 heterocycles. The first-order valence-electron chi connectivity index (χ1n) is 7.67. The summed E-state index contributed by atoms with van der Waals surface area (Å²) in [5.41, 5.74) is 1.96. The Hall–Kier alpha value is -2.41. The topological polar surface area (TPSA) is 80.5 Å². The Balaban J connectivity index is 1.55. The molecule has 122 valence electrons. The molecule has 0 radical (unpaired) electrons. The van der Waals surface area contributed by atoms with Gasteiger partial charge in [-0.05, 0) is 25.0 Å². The fourth-order valence-corrected chi connectivity index (χ4v) is 2.76. The summed E-state index contributed by atoms with van der Waals surface area (Å²) < 4.78 is 9.49. The first kappa shape index (κ1) is 15.5. The fourth-order valence-electron chi connectivity index (χ4n) is 2.76. The summed E-state index contributed by atoms with van der Waals surface area (Å²) in [6, 6.07) is 8.37. The van der Waals surface area contributed by atoms with Crippen molar-refractivity contribution in [1.82, 2.24) is 15.0 Å². The predicted molar refractivity (Wildman–Crippen MR) is 84.8 cm³/mol. The molecule has 1 saturated heterocycles. The number of ether oxygens (including phenoxy) is 1. The van der Waals surface area contributed by atoms with Crippen LogP contribution in [0.15, 0.2) is 35.2 Å². The fraction of sp³-hybridized carbons (Fsp3) is 0.438. The Morgan fingerprint density at radius 1 is 1.43 bits per heavy atom. The van der Waals surface area contributed by atoms with E-state index in [1.54, 1.807) is 0 Å². The second kappa shape index (κ2) is 7.23. The van der Waals surface area contributed by atoms with Crippen molar-refractivity contribution in [3.8, 4) is 11.4 Å². The summed E-state index contributed by atoms with van der Waals surface area (Å²) in [5.74, 6) is 0.408. The van der Waals surface area contributed by atoms with Gasteiger partial charge in [0.2, 0.25) is 12.2 Å². The van der Waals surface area contributed by atoms with Gasteiger partial charge in [-0.2, -0.15) is 4.98 Å². The lowest BCUT2D eigenvalue weighted by Gasteiger charge is -2.32. The van der Waals surface area contributed by atoms with Crippen molar-refractivity contribution in [1.29, 1.82) is 0 Å². The van der Waals surface area contributed by atoms with Gasteiger partial charge in [0.25, 0.3) is 0 Å². The number of nitrogens with one attached hydrogen (secondary N) is 1. The van der Waals surface area contributed by atoms with Crippen molar-refractivity contribution in [3.63, 3.8) is 0 Å². The van der Waals surface area contributed by atoms with Crippen molar-refractivity contribution in [3.05, 3.63) is 30.7 Å². The molecule has 0 aliphatic carbocycles. The molecule has 2 aromatic rings. The number of likely N-dealkylation sites (tertiary alicyclic amines) is 1. The molecule has 1 fully saturated rings. The van der Waals surface area contributed by atoms with E-state index in [2.05, 4.69) is 20.4 Å². The van der Waals surface area contributed by atoms with Crippen molar-refractivity contribution >= 4 is 11.7 Å². The minimum Gasteiger partial charge on any atom is -0.468 e. The van der Waals surface area contributed by atoms with Gasteiger partial charge in [0, 0.05) is 30.4 Å². The largest absolute Gasteiger partial charge is 0.468 e. The van der Waals surface area contributed by atoms with Crippen molar-refractivity contribution in [2.75, 3.05) is 32.1 Å². The molecule has 1 N–H and O–H groups in total. The molecule has 3 rings (SSSR count). The summed E-state index contributed by atoms with van der Waals surface area (Å²) in [5, 5.41) is 7.40. The first-order valence-corrected chi connectivity index (χ1v) is 7.67. The van der Waals surface area contributed by atoms with Crippen LogP contribution in [0.4, 0.5) is 5.69 Å². The highest BCUT2D eigenvalue weighted by Gasteiger charge is 2.21. The van der Waals surface area contributed by atoms with Crippen LogP contribution in [-0.4, -0.2) is 53.8 Å². The van der Waals surface area contributed by atoms with E-state index in [9.17, 15) is 4.79 Å². The van der Waals surface area contributed by atoms with Gasteiger partial charge in [-0.15, -0.1) is 0 Å². The SMILES string of the molecule is COC(=O)CN1CCC(Nc2cccc(-c3ncon3)c2)CC1. The van der Waals surface area contributed by atoms with Crippen LogP contribution >= 0.6 is 0 Å². The zero-order valence-electron chi connectivity index (χ0n) is 13.1. The first-order chi connectivity index (χ1) is 11.2. The average molecular weight is 316 g/mol. The third-order valence-corrected chi connectivity index (χ3v) is 4.02. The Labute approximate surface area is 134 Å². The number of piperidine rings is 1. The molecule has 7 heteroatoms. The summed E-state index contributed by atoms with van der Waals surface area (Å²) >= 11 is 0. The molecular weight excluding hydrogens is 296 g/mol. The molecule has 0 atom stereocenters. The normalized spacial score (nSPS) is 16.2. The third-order valence-electron chi connectivity index (χ3n) is 4.02. The molecule has 1 aliphatic heterocycles. The highest BCUT2D eigenvalue weighted by Crippen LogP contribution is 2.22. The van der Waals surface area contributed by atoms with Crippen molar-refractivity contribution < 1.29 is 14.1 Å². The van der Waals surface area contributed by atoms with Gasteiger partial charge >= 0.3 is 5.97 Å². The van der Waals surface area contributed by atoms with Crippen LogP contribution < -0.4 is 5.32 Å². The van der Waals surface area contributed by atoms with E-state index in [1.807, 2.05) is 24.3 Å².